The van der Waals surface area contributed by atoms with E-state index in [1.165, 1.54) is 114 Å². The maximum Gasteiger partial charge on any atom is 0.0543 e. The van der Waals surface area contributed by atoms with E-state index in [-0.39, 0.29) is 27.1 Å². The Kier molecular flexibility index (Phi) is 8.60. The van der Waals surface area contributed by atoms with Gasteiger partial charge in [-0.2, -0.15) is 0 Å². The van der Waals surface area contributed by atoms with Crippen LogP contribution in [0.4, 0.5) is 17.1 Å². The molecule has 0 atom stereocenters. The monoisotopic (exact) mass is 783 g/mol. The Hall–Kier alpha value is -5.40. The molecular formula is C59H61N. The largest absolute Gasteiger partial charge is 0.310 e. The molecule has 10 rings (SSSR count). The molecule has 1 heteroatoms. The lowest BCUT2D eigenvalue weighted by Crippen LogP contribution is -2.34. The van der Waals surface area contributed by atoms with Gasteiger partial charge in [-0.3, -0.25) is 0 Å². The van der Waals surface area contributed by atoms with Crippen molar-refractivity contribution < 1.29 is 0 Å². The minimum atomic E-state index is -0.150. The van der Waals surface area contributed by atoms with E-state index in [0.29, 0.717) is 0 Å². The van der Waals surface area contributed by atoms with Crippen LogP contribution in [0.3, 0.4) is 0 Å². The van der Waals surface area contributed by atoms with Gasteiger partial charge in [-0.15, -0.1) is 0 Å². The molecule has 7 aromatic rings. The minimum Gasteiger partial charge on any atom is -0.310 e. The summed E-state index contributed by atoms with van der Waals surface area (Å²) in [6.45, 7) is 24.5. The number of rotatable bonds is 5. The van der Waals surface area contributed by atoms with Gasteiger partial charge in [0.05, 0.1) is 5.69 Å². The summed E-state index contributed by atoms with van der Waals surface area (Å²) in [6, 6.07) is 53.8. The normalized spacial score (nSPS) is 18.6. The molecule has 0 aromatic heterocycles. The number of anilines is 3. The zero-order chi connectivity index (χ0) is 42.0. The van der Waals surface area contributed by atoms with Crippen molar-refractivity contribution in [1.82, 2.24) is 0 Å². The highest BCUT2D eigenvalue weighted by Gasteiger charge is 2.42. The van der Waals surface area contributed by atoms with E-state index < -0.39 is 0 Å². The van der Waals surface area contributed by atoms with Crippen molar-refractivity contribution in [3.05, 3.63) is 173 Å². The predicted molar refractivity (Wildman–Crippen MR) is 258 cm³/mol. The summed E-state index contributed by atoms with van der Waals surface area (Å²) in [5.41, 5.74) is 20.5. The van der Waals surface area contributed by atoms with Gasteiger partial charge in [0, 0.05) is 22.4 Å². The third-order valence-electron chi connectivity index (χ3n) is 15.4. The number of benzene rings is 7. The molecule has 302 valence electrons. The first-order valence-electron chi connectivity index (χ1n) is 22.4. The Labute approximate surface area is 359 Å². The highest BCUT2D eigenvalue weighted by molar-refractivity contribution is 5.98. The SMILES string of the molecule is CC1(C)CCC(C)(C)c2cc(N(c3ccc(-c4cccc5ccccc45)cc3)c3cc4c(cc3-c3cccc5c3C(C)(C)CCC5(C)C)-c3ccccc3C4(C)C)ccc21. The van der Waals surface area contributed by atoms with Gasteiger partial charge in [0.15, 0.2) is 0 Å². The summed E-state index contributed by atoms with van der Waals surface area (Å²) >= 11 is 0. The van der Waals surface area contributed by atoms with Crippen molar-refractivity contribution >= 4 is 27.8 Å². The highest BCUT2D eigenvalue weighted by Crippen LogP contribution is 2.57. The molecule has 1 nitrogen and oxygen atoms in total. The second kappa shape index (κ2) is 13.3. The van der Waals surface area contributed by atoms with E-state index in [9.17, 15) is 0 Å². The fourth-order valence-electron chi connectivity index (χ4n) is 11.5. The Bertz CT molecular complexity index is 2840. The molecule has 0 radical (unpaired) electrons. The summed E-state index contributed by atoms with van der Waals surface area (Å²) in [5, 5.41) is 2.55. The average molecular weight is 784 g/mol. The van der Waals surface area contributed by atoms with E-state index in [0.717, 1.165) is 6.42 Å². The lowest BCUT2D eigenvalue weighted by molar-refractivity contribution is 0.332. The van der Waals surface area contributed by atoms with E-state index in [4.69, 9.17) is 0 Å². The van der Waals surface area contributed by atoms with E-state index >= 15 is 0 Å². The number of nitrogens with zero attached hydrogens (tertiary/aromatic N) is 1. The van der Waals surface area contributed by atoms with Crippen LogP contribution in [0, 0.1) is 0 Å². The Morgan fingerprint density at radius 3 is 1.70 bits per heavy atom. The predicted octanol–water partition coefficient (Wildman–Crippen LogP) is 16.6. The van der Waals surface area contributed by atoms with Crippen molar-refractivity contribution in [1.29, 1.82) is 0 Å². The van der Waals surface area contributed by atoms with E-state index in [1.807, 2.05) is 0 Å². The first kappa shape index (κ1) is 38.8. The lowest BCUT2D eigenvalue weighted by Gasteiger charge is -2.44. The molecule has 0 bridgehead atoms. The van der Waals surface area contributed by atoms with Gasteiger partial charge in [-0.1, -0.05) is 172 Å². The summed E-state index contributed by atoms with van der Waals surface area (Å²) in [5.74, 6) is 0. The molecule has 0 spiro atoms. The third kappa shape index (κ3) is 5.94. The van der Waals surface area contributed by atoms with Gasteiger partial charge in [0.1, 0.15) is 0 Å². The molecule has 0 saturated carbocycles. The zero-order valence-corrected chi connectivity index (χ0v) is 37.6. The van der Waals surface area contributed by atoms with Gasteiger partial charge >= 0.3 is 0 Å². The third-order valence-corrected chi connectivity index (χ3v) is 15.4. The first-order valence-corrected chi connectivity index (χ1v) is 22.4. The first-order chi connectivity index (χ1) is 28.5. The zero-order valence-electron chi connectivity index (χ0n) is 37.6. The van der Waals surface area contributed by atoms with Crippen molar-refractivity contribution in [3.8, 4) is 33.4 Å². The van der Waals surface area contributed by atoms with Gasteiger partial charge in [0.2, 0.25) is 0 Å². The molecule has 0 amide bonds. The Morgan fingerprint density at radius 2 is 0.933 bits per heavy atom. The van der Waals surface area contributed by atoms with E-state index in [2.05, 4.69) is 214 Å². The summed E-state index contributed by atoms with van der Waals surface area (Å²) in [7, 11) is 0. The topological polar surface area (TPSA) is 3.24 Å². The molecule has 0 fully saturated rings. The molecule has 0 aliphatic heterocycles. The summed E-state index contributed by atoms with van der Waals surface area (Å²) in [6.07, 6.45) is 4.72. The van der Waals surface area contributed by atoms with Crippen molar-refractivity contribution in [2.45, 2.75) is 122 Å². The van der Waals surface area contributed by atoms with Crippen LogP contribution >= 0.6 is 0 Å². The molecular weight excluding hydrogens is 723 g/mol. The average Bonchev–Trinajstić information content (AvgIpc) is 3.46. The molecule has 60 heavy (non-hydrogen) atoms. The molecule has 0 N–H and O–H groups in total. The number of fused-ring (bicyclic) bond motifs is 6. The van der Waals surface area contributed by atoms with Crippen LogP contribution in [0.5, 0.6) is 0 Å². The van der Waals surface area contributed by atoms with Crippen LogP contribution in [0.2, 0.25) is 0 Å². The molecule has 3 aliphatic rings. The molecule has 3 aliphatic carbocycles. The molecule has 7 aromatic carbocycles. The van der Waals surface area contributed by atoms with Crippen molar-refractivity contribution in [2.75, 3.05) is 4.90 Å². The number of hydrogen-bond donors (Lipinski definition) is 0. The lowest BCUT2D eigenvalue weighted by atomic mass is 9.61. The maximum absolute atomic E-state index is 2.61. The van der Waals surface area contributed by atoms with Crippen LogP contribution in [-0.4, -0.2) is 0 Å². The second-order valence-electron chi connectivity index (χ2n) is 21.5. The Morgan fingerprint density at radius 1 is 0.367 bits per heavy atom. The quantitative estimate of drug-likeness (QED) is 0.168. The summed E-state index contributed by atoms with van der Waals surface area (Å²) < 4.78 is 0. The van der Waals surface area contributed by atoms with Crippen LogP contribution in [-0.2, 0) is 27.1 Å². The van der Waals surface area contributed by atoms with E-state index in [1.54, 1.807) is 0 Å². The van der Waals surface area contributed by atoms with Crippen LogP contribution in [0.25, 0.3) is 44.2 Å². The second-order valence-corrected chi connectivity index (χ2v) is 21.5. The minimum absolute atomic E-state index is 0.0290. The summed E-state index contributed by atoms with van der Waals surface area (Å²) in [4.78, 5) is 2.61. The fourth-order valence-corrected chi connectivity index (χ4v) is 11.5. The molecule has 0 unspecified atom stereocenters. The van der Waals surface area contributed by atoms with Crippen LogP contribution in [0.15, 0.2) is 140 Å². The Balaban J connectivity index is 1.28. The van der Waals surface area contributed by atoms with Crippen LogP contribution < -0.4 is 4.90 Å². The number of hydrogen-bond acceptors (Lipinski definition) is 1. The van der Waals surface area contributed by atoms with Crippen LogP contribution in [0.1, 0.15) is 128 Å². The smallest absolute Gasteiger partial charge is 0.0543 e. The standard InChI is InChI=1S/C59H61N/c1-55(2)31-32-57(5,6)52-35-41(29-30-49(52)55)60(40-27-25-39(26-28-40)43-21-15-18-38-17-11-12-19-42(38)43)53-37-51-46(44-20-13-14-23-48(44)59(51,9)10)36-47(53)45-22-16-24-50-54(45)58(7,8)34-33-56(50,3)4/h11-30,35-37H,31-34H2,1-10H3. The molecule has 0 heterocycles. The molecule has 0 saturated heterocycles. The van der Waals surface area contributed by atoms with Gasteiger partial charge in [0.25, 0.3) is 0 Å². The maximum atomic E-state index is 2.61. The van der Waals surface area contributed by atoms with Gasteiger partial charge in [-0.25, -0.2) is 0 Å². The van der Waals surface area contributed by atoms with Gasteiger partial charge in [-0.05, 0) is 156 Å². The van der Waals surface area contributed by atoms with Crippen molar-refractivity contribution in [2.24, 2.45) is 0 Å². The van der Waals surface area contributed by atoms with Crippen molar-refractivity contribution in [3.63, 3.8) is 0 Å². The van der Waals surface area contributed by atoms with Gasteiger partial charge < -0.3 is 4.90 Å². The highest BCUT2D eigenvalue weighted by atomic mass is 15.1. The fraction of sp³-hybridized carbons (Fsp3) is 0.322.